The first-order valence-corrected chi connectivity index (χ1v) is 11.5. The first-order chi connectivity index (χ1) is 15.7. The molecule has 1 aliphatic heterocycles. The Balaban J connectivity index is 1.41. The van der Waals surface area contributed by atoms with Crippen molar-refractivity contribution in [2.75, 3.05) is 6.61 Å². The number of benzene rings is 2. The van der Waals surface area contributed by atoms with Crippen LogP contribution in [0.5, 0.6) is 5.75 Å². The summed E-state index contributed by atoms with van der Waals surface area (Å²) in [5.41, 5.74) is 0.604. The van der Waals surface area contributed by atoms with Crippen LogP contribution in [0.1, 0.15) is 18.4 Å². The summed E-state index contributed by atoms with van der Waals surface area (Å²) in [6.45, 7) is 0.303. The van der Waals surface area contributed by atoms with E-state index in [4.69, 9.17) is 19.4 Å². The number of hydrogen-bond acceptors (Lipinski definition) is 8. The third-order valence-electron chi connectivity index (χ3n) is 5.58. The van der Waals surface area contributed by atoms with Gasteiger partial charge < -0.3 is 14.2 Å². The highest BCUT2D eigenvalue weighted by Gasteiger charge is 2.58. The molecule has 2 aliphatic rings. The maximum Gasteiger partial charge on any atom is 0.509 e. The molecule has 2 atom stereocenters. The van der Waals surface area contributed by atoms with Gasteiger partial charge in [0, 0.05) is 19.3 Å². The van der Waals surface area contributed by atoms with Crippen molar-refractivity contribution in [1.29, 1.82) is 0 Å². The molecule has 1 saturated carbocycles. The lowest BCUT2D eigenvalue weighted by molar-refractivity contribution is -0.136. The van der Waals surface area contributed by atoms with Gasteiger partial charge in [0.1, 0.15) is 29.3 Å². The van der Waals surface area contributed by atoms with Gasteiger partial charge in [0.15, 0.2) is 0 Å². The third kappa shape index (κ3) is 4.92. The minimum atomic E-state index is -4.20. The van der Waals surface area contributed by atoms with E-state index in [1.807, 2.05) is 0 Å². The van der Waals surface area contributed by atoms with E-state index in [0.717, 1.165) is 5.56 Å². The number of hydroxylamine groups is 1. The van der Waals surface area contributed by atoms with Crippen LogP contribution in [0.3, 0.4) is 0 Å². The normalized spacial score (nSPS) is 24.0. The lowest BCUT2D eigenvalue weighted by atomic mass is 9.98. The Hall–Kier alpha value is -3.22. The minimum absolute atomic E-state index is 0.131. The van der Waals surface area contributed by atoms with Crippen molar-refractivity contribution in [2.45, 2.75) is 41.9 Å². The Morgan fingerprint density at radius 3 is 2.27 bits per heavy atom. The van der Waals surface area contributed by atoms with E-state index >= 15 is 0 Å². The smallest absolute Gasteiger partial charge is 0.493 e. The molecule has 2 aromatic rings. The molecule has 176 valence electrons. The van der Waals surface area contributed by atoms with Crippen molar-refractivity contribution < 1.29 is 41.8 Å². The second-order valence-corrected chi connectivity index (χ2v) is 9.48. The van der Waals surface area contributed by atoms with Crippen LogP contribution < -0.4 is 14.9 Å². The van der Waals surface area contributed by atoms with Crippen molar-refractivity contribution in [3.8, 4) is 5.75 Å². The number of hydrogen-bond donors (Lipinski definition) is 3. The third-order valence-corrected chi connectivity index (χ3v) is 7.13. The molecule has 1 amide bonds. The molecular formula is C21H21FN2O8S. The van der Waals surface area contributed by atoms with Crippen molar-refractivity contribution in [3.05, 3.63) is 59.9 Å². The fraction of sp³-hybridized carbons (Fsp3) is 0.333. The number of carbonyl (C=O) groups excluding carboxylic acids is 2. The van der Waals surface area contributed by atoms with Crippen LogP contribution in [0, 0.1) is 5.82 Å². The molecule has 1 saturated heterocycles. The standard InChI is InChI=1S/C21H21FN2O8S/c22-14-3-1-13(2-4-14)9-10-30-15-5-7-16(8-6-15)33(28,29)24-21(19(25)23-27)11-17-18(12-21)32-20(26)31-17/h1-8,17-18,24,27H,9-12H2,(H,23,25). The van der Waals surface area contributed by atoms with E-state index in [1.165, 1.54) is 41.9 Å². The molecule has 12 heteroatoms. The van der Waals surface area contributed by atoms with Crippen LogP contribution in [-0.4, -0.2) is 50.0 Å². The molecular weight excluding hydrogens is 459 g/mol. The maximum atomic E-state index is 13.0. The van der Waals surface area contributed by atoms with Gasteiger partial charge in [-0.05, 0) is 42.0 Å². The summed E-state index contributed by atoms with van der Waals surface area (Å²) in [4.78, 5) is 23.5. The summed E-state index contributed by atoms with van der Waals surface area (Å²) in [6.07, 6.45) is -2.36. The Labute approximate surface area is 188 Å². The molecule has 33 heavy (non-hydrogen) atoms. The van der Waals surface area contributed by atoms with Crippen LogP contribution >= 0.6 is 0 Å². The van der Waals surface area contributed by atoms with Gasteiger partial charge in [-0.2, -0.15) is 4.72 Å². The highest BCUT2D eigenvalue weighted by atomic mass is 32.2. The van der Waals surface area contributed by atoms with Crippen molar-refractivity contribution in [3.63, 3.8) is 0 Å². The number of rotatable bonds is 8. The molecule has 4 rings (SSSR count). The molecule has 1 aliphatic carbocycles. The number of nitrogens with one attached hydrogen (secondary N) is 2. The number of ether oxygens (including phenoxy) is 3. The SMILES string of the molecule is O=C1OC2CC(NS(=O)(=O)c3ccc(OCCc4ccc(F)cc4)cc3)(C(=O)NO)CC2O1. The lowest BCUT2D eigenvalue weighted by Crippen LogP contribution is -2.57. The lowest BCUT2D eigenvalue weighted by Gasteiger charge is -2.27. The van der Waals surface area contributed by atoms with Gasteiger partial charge in [-0.25, -0.2) is 23.1 Å². The van der Waals surface area contributed by atoms with E-state index in [9.17, 15) is 22.4 Å². The van der Waals surface area contributed by atoms with Crippen LogP contribution in [0.25, 0.3) is 0 Å². The van der Waals surface area contributed by atoms with Crippen molar-refractivity contribution in [1.82, 2.24) is 10.2 Å². The average Bonchev–Trinajstić information content (AvgIpc) is 3.29. The quantitative estimate of drug-likeness (QED) is 0.294. The van der Waals surface area contributed by atoms with Crippen LogP contribution in [0.4, 0.5) is 9.18 Å². The summed E-state index contributed by atoms with van der Waals surface area (Å²) in [6, 6.07) is 11.6. The largest absolute Gasteiger partial charge is 0.509 e. The Bertz CT molecular complexity index is 1120. The Morgan fingerprint density at radius 2 is 1.70 bits per heavy atom. The summed E-state index contributed by atoms with van der Waals surface area (Å²) in [7, 11) is -4.20. The highest BCUT2D eigenvalue weighted by molar-refractivity contribution is 7.89. The monoisotopic (exact) mass is 480 g/mol. The Kier molecular flexibility index (Phi) is 6.23. The highest BCUT2D eigenvalue weighted by Crippen LogP contribution is 2.39. The fourth-order valence-electron chi connectivity index (χ4n) is 3.93. The summed E-state index contributed by atoms with van der Waals surface area (Å²) in [5.74, 6) is -0.881. The molecule has 3 N–H and O–H groups in total. The first-order valence-electron chi connectivity index (χ1n) is 10.0. The van der Waals surface area contributed by atoms with Crippen LogP contribution in [-0.2, 0) is 30.7 Å². The van der Waals surface area contributed by atoms with E-state index in [1.54, 1.807) is 12.1 Å². The minimum Gasteiger partial charge on any atom is -0.493 e. The molecule has 2 unspecified atom stereocenters. The van der Waals surface area contributed by atoms with Crippen molar-refractivity contribution in [2.24, 2.45) is 0 Å². The second-order valence-electron chi connectivity index (χ2n) is 7.80. The van der Waals surface area contributed by atoms with Gasteiger partial charge in [0.05, 0.1) is 11.5 Å². The topological polar surface area (TPSA) is 140 Å². The van der Waals surface area contributed by atoms with Gasteiger partial charge in [-0.1, -0.05) is 12.1 Å². The maximum absolute atomic E-state index is 13.0. The number of amides is 1. The summed E-state index contributed by atoms with van der Waals surface area (Å²) < 4.78 is 56.7. The molecule has 0 spiro atoms. The van der Waals surface area contributed by atoms with E-state index in [2.05, 4.69) is 4.72 Å². The average molecular weight is 480 g/mol. The van der Waals surface area contributed by atoms with Gasteiger partial charge in [-0.3, -0.25) is 10.0 Å². The summed E-state index contributed by atoms with van der Waals surface area (Å²) >= 11 is 0. The number of carbonyl (C=O) groups is 2. The zero-order valence-corrected chi connectivity index (χ0v) is 18.0. The van der Waals surface area contributed by atoms with Gasteiger partial charge in [0.2, 0.25) is 10.0 Å². The number of fused-ring (bicyclic) bond motifs is 1. The van der Waals surface area contributed by atoms with Crippen LogP contribution in [0.2, 0.25) is 0 Å². The molecule has 0 radical (unpaired) electrons. The Morgan fingerprint density at radius 1 is 1.09 bits per heavy atom. The molecule has 1 heterocycles. The fourth-order valence-corrected chi connectivity index (χ4v) is 5.32. The van der Waals surface area contributed by atoms with Gasteiger partial charge in [0.25, 0.3) is 5.91 Å². The number of halogens is 1. The van der Waals surface area contributed by atoms with Crippen molar-refractivity contribution >= 4 is 22.1 Å². The molecule has 2 aromatic carbocycles. The molecule has 10 nitrogen and oxygen atoms in total. The predicted molar refractivity (Wildman–Crippen MR) is 109 cm³/mol. The van der Waals surface area contributed by atoms with E-state index < -0.39 is 39.8 Å². The van der Waals surface area contributed by atoms with Gasteiger partial charge in [-0.15, -0.1) is 0 Å². The van der Waals surface area contributed by atoms with Crippen LogP contribution in [0.15, 0.2) is 53.4 Å². The first kappa shape index (κ1) is 23.0. The molecule has 0 aromatic heterocycles. The summed E-state index contributed by atoms with van der Waals surface area (Å²) in [5, 5.41) is 9.14. The zero-order chi connectivity index (χ0) is 23.6. The van der Waals surface area contributed by atoms with E-state index in [0.29, 0.717) is 18.8 Å². The zero-order valence-electron chi connectivity index (χ0n) is 17.2. The number of sulfonamides is 1. The van der Waals surface area contributed by atoms with E-state index in [-0.39, 0.29) is 23.6 Å². The molecule has 2 fully saturated rings. The predicted octanol–water partition coefficient (Wildman–Crippen LogP) is 1.67. The second kappa shape index (κ2) is 8.96. The molecule has 0 bridgehead atoms. The van der Waals surface area contributed by atoms with Gasteiger partial charge >= 0.3 is 6.16 Å².